The van der Waals surface area contributed by atoms with E-state index in [1.165, 1.54) is 19.1 Å². The summed E-state index contributed by atoms with van der Waals surface area (Å²) in [6.45, 7) is 1.47. The lowest BCUT2D eigenvalue weighted by Crippen LogP contribution is -2.18. The molecule has 2 rings (SSSR count). The molecule has 8 nitrogen and oxygen atoms in total. The first kappa shape index (κ1) is 15.8. The zero-order valence-electron chi connectivity index (χ0n) is 12.0. The number of benzene rings is 1. The number of nitrogens with one attached hydrogen (secondary N) is 2. The molecule has 1 amide bonds. The highest BCUT2D eigenvalue weighted by Crippen LogP contribution is 2.17. The highest BCUT2D eigenvalue weighted by atomic mass is 16.3. The molecule has 0 atom stereocenters. The first-order valence-electron chi connectivity index (χ1n) is 6.43. The van der Waals surface area contributed by atoms with E-state index in [0.717, 1.165) is 6.21 Å². The van der Waals surface area contributed by atoms with Gasteiger partial charge in [-0.3, -0.25) is 14.6 Å². The Bertz CT molecular complexity index is 893. The molecule has 0 fully saturated rings. The van der Waals surface area contributed by atoms with Crippen molar-refractivity contribution >= 4 is 12.1 Å². The smallest absolute Gasteiger partial charge is 0.275 e. The Hall–Kier alpha value is -3.60. The number of phenolic OH excluding ortho intramolecular Hbond substituents is 1. The molecule has 4 N–H and O–H groups in total. The predicted molar refractivity (Wildman–Crippen MR) is 81.3 cm³/mol. The zero-order chi connectivity index (χ0) is 17.0. The number of nitriles is 1. The Balaban J connectivity index is 2.26. The van der Waals surface area contributed by atoms with Crippen molar-refractivity contribution in [2.24, 2.45) is 5.10 Å². The highest BCUT2D eigenvalue weighted by Gasteiger charge is 2.13. The molecule has 23 heavy (non-hydrogen) atoms. The molecule has 0 aliphatic carbocycles. The van der Waals surface area contributed by atoms with E-state index in [0.29, 0.717) is 0 Å². The van der Waals surface area contributed by atoms with E-state index in [-0.39, 0.29) is 28.0 Å². The van der Waals surface area contributed by atoms with Crippen LogP contribution in [0.4, 0.5) is 0 Å². The van der Waals surface area contributed by atoms with Crippen molar-refractivity contribution in [3.8, 4) is 17.7 Å². The van der Waals surface area contributed by atoms with Crippen LogP contribution >= 0.6 is 0 Å². The number of aromatic amines is 1. The van der Waals surface area contributed by atoms with Crippen molar-refractivity contribution in [1.29, 1.82) is 5.26 Å². The number of hydrazone groups is 1. The van der Waals surface area contributed by atoms with Crippen molar-refractivity contribution in [1.82, 2.24) is 10.4 Å². The number of carbonyl (C=O) groups is 1. The summed E-state index contributed by atoms with van der Waals surface area (Å²) in [4.78, 5) is 25.4. The number of amides is 1. The Kier molecular flexibility index (Phi) is 4.42. The molecule has 0 spiro atoms. The van der Waals surface area contributed by atoms with Crippen LogP contribution in [0.3, 0.4) is 0 Å². The minimum absolute atomic E-state index is 0.0322. The quantitative estimate of drug-likeness (QED) is 0.489. The van der Waals surface area contributed by atoms with E-state index in [2.05, 4.69) is 15.5 Å². The van der Waals surface area contributed by atoms with Gasteiger partial charge in [0, 0.05) is 0 Å². The molecule has 0 bridgehead atoms. The number of carbonyl (C=O) groups excluding carboxylic acids is 1. The summed E-state index contributed by atoms with van der Waals surface area (Å²) in [6.07, 6.45) is 1.10. The van der Waals surface area contributed by atoms with E-state index in [9.17, 15) is 19.8 Å². The molecule has 2 aromatic rings. The van der Waals surface area contributed by atoms with Gasteiger partial charge in [0.25, 0.3) is 11.5 Å². The van der Waals surface area contributed by atoms with Crippen LogP contribution in [0.2, 0.25) is 0 Å². The molecule has 1 heterocycles. The average Bonchev–Trinajstić information content (AvgIpc) is 2.51. The van der Waals surface area contributed by atoms with Crippen molar-refractivity contribution in [2.75, 3.05) is 0 Å². The summed E-state index contributed by atoms with van der Waals surface area (Å²) in [5.41, 5.74) is 1.67. The van der Waals surface area contributed by atoms with Crippen molar-refractivity contribution in [3.05, 3.63) is 56.9 Å². The molecule has 0 saturated carbocycles. The maximum Gasteiger partial charge on any atom is 0.275 e. The van der Waals surface area contributed by atoms with Gasteiger partial charge in [0.05, 0.1) is 17.3 Å². The molecule has 0 saturated heterocycles. The summed E-state index contributed by atoms with van der Waals surface area (Å²) < 4.78 is 0. The van der Waals surface area contributed by atoms with Crippen LogP contribution in [0.5, 0.6) is 11.6 Å². The zero-order valence-corrected chi connectivity index (χ0v) is 12.0. The number of H-pyrrole nitrogens is 1. The summed E-state index contributed by atoms with van der Waals surface area (Å²) in [5, 5.41) is 31.8. The lowest BCUT2D eigenvalue weighted by molar-refractivity contribution is 0.0952. The highest BCUT2D eigenvalue weighted by molar-refractivity contribution is 5.97. The van der Waals surface area contributed by atoms with Crippen LogP contribution in [0.15, 0.2) is 34.2 Å². The fourth-order valence-corrected chi connectivity index (χ4v) is 1.89. The molecule has 116 valence electrons. The fourth-order valence-electron chi connectivity index (χ4n) is 1.89. The number of aromatic nitrogens is 1. The van der Waals surface area contributed by atoms with Gasteiger partial charge in [-0.05, 0) is 24.6 Å². The number of hydrogen-bond acceptors (Lipinski definition) is 6. The summed E-state index contributed by atoms with van der Waals surface area (Å²) in [6, 6.07) is 7.65. The van der Waals surface area contributed by atoms with Gasteiger partial charge in [0.1, 0.15) is 17.4 Å². The Morgan fingerprint density at radius 2 is 2.09 bits per heavy atom. The SMILES string of the molecule is Cc1c(/C=N/NC(=O)c2ccccc2O)c(O)[nH]c(=O)c1C#N. The number of rotatable bonds is 3. The molecule has 0 aliphatic heterocycles. The fraction of sp³-hybridized carbons (Fsp3) is 0.0667. The molecule has 1 aromatic carbocycles. The summed E-state index contributed by atoms with van der Waals surface area (Å²) in [7, 11) is 0. The monoisotopic (exact) mass is 312 g/mol. The van der Waals surface area contributed by atoms with Crippen LogP contribution in [0.1, 0.15) is 27.0 Å². The van der Waals surface area contributed by atoms with E-state index >= 15 is 0 Å². The molecule has 0 radical (unpaired) electrons. The van der Waals surface area contributed by atoms with E-state index < -0.39 is 17.3 Å². The second kappa shape index (κ2) is 6.44. The van der Waals surface area contributed by atoms with Crippen LogP contribution in [0.25, 0.3) is 0 Å². The van der Waals surface area contributed by atoms with Gasteiger partial charge in [-0.25, -0.2) is 5.43 Å². The summed E-state index contributed by atoms with van der Waals surface area (Å²) >= 11 is 0. The maximum absolute atomic E-state index is 11.8. The number of aromatic hydroxyl groups is 2. The van der Waals surface area contributed by atoms with Gasteiger partial charge >= 0.3 is 0 Å². The predicted octanol–water partition coefficient (Wildman–Crippen LogP) is 0.730. The third-order valence-electron chi connectivity index (χ3n) is 3.11. The number of para-hydroxylation sites is 1. The largest absolute Gasteiger partial charge is 0.507 e. The molecule has 0 unspecified atom stereocenters. The Morgan fingerprint density at radius 1 is 1.39 bits per heavy atom. The van der Waals surface area contributed by atoms with Gasteiger partial charge < -0.3 is 10.2 Å². The molecule has 0 aliphatic rings. The topological polar surface area (TPSA) is 139 Å². The standard InChI is InChI=1S/C15H12N4O4/c1-8-10(6-16)13(21)18-14(22)11(8)7-17-19-15(23)9-4-2-3-5-12(9)20/h2-5,7,20H,1H3,(H,19,23)(H2,18,21,22)/b17-7+. The molecular formula is C15H12N4O4. The maximum atomic E-state index is 11.8. The number of phenols is 1. The van der Waals surface area contributed by atoms with E-state index in [4.69, 9.17) is 5.26 Å². The van der Waals surface area contributed by atoms with Gasteiger partial charge in [-0.15, -0.1) is 0 Å². The number of nitrogens with zero attached hydrogens (tertiary/aromatic N) is 2. The summed E-state index contributed by atoms with van der Waals surface area (Å²) in [5.74, 6) is -1.32. The second-order valence-electron chi connectivity index (χ2n) is 4.54. The van der Waals surface area contributed by atoms with Gasteiger partial charge in [0.15, 0.2) is 0 Å². The Labute approximate surface area is 130 Å². The van der Waals surface area contributed by atoms with Crippen LogP contribution in [-0.2, 0) is 0 Å². The third-order valence-corrected chi connectivity index (χ3v) is 3.11. The molecular weight excluding hydrogens is 300 g/mol. The first-order chi connectivity index (χ1) is 11.0. The van der Waals surface area contributed by atoms with Crippen LogP contribution in [-0.4, -0.2) is 27.3 Å². The lowest BCUT2D eigenvalue weighted by atomic mass is 10.1. The van der Waals surface area contributed by atoms with E-state index in [1.54, 1.807) is 18.2 Å². The number of pyridine rings is 1. The van der Waals surface area contributed by atoms with Crippen molar-refractivity contribution < 1.29 is 15.0 Å². The molecule has 8 heteroatoms. The normalized spacial score (nSPS) is 10.4. The minimum atomic E-state index is -0.710. The van der Waals surface area contributed by atoms with E-state index in [1.807, 2.05) is 0 Å². The first-order valence-corrected chi connectivity index (χ1v) is 6.43. The van der Waals surface area contributed by atoms with Crippen molar-refractivity contribution in [2.45, 2.75) is 6.92 Å². The van der Waals surface area contributed by atoms with Crippen molar-refractivity contribution in [3.63, 3.8) is 0 Å². The van der Waals surface area contributed by atoms with Gasteiger partial charge in [0.2, 0.25) is 5.88 Å². The second-order valence-corrected chi connectivity index (χ2v) is 4.54. The van der Waals surface area contributed by atoms with Gasteiger partial charge in [-0.1, -0.05) is 12.1 Å². The van der Waals surface area contributed by atoms with Crippen LogP contribution in [0, 0.1) is 18.3 Å². The number of hydrogen-bond donors (Lipinski definition) is 4. The van der Waals surface area contributed by atoms with Crippen LogP contribution < -0.4 is 11.0 Å². The third kappa shape index (κ3) is 3.19. The Morgan fingerprint density at radius 3 is 2.74 bits per heavy atom. The molecule has 1 aromatic heterocycles. The minimum Gasteiger partial charge on any atom is -0.507 e. The lowest BCUT2D eigenvalue weighted by Gasteiger charge is -2.05. The van der Waals surface area contributed by atoms with Gasteiger partial charge in [-0.2, -0.15) is 10.4 Å². The average molecular weight is 312 g/mol.